The maximum atomic E-state index is 8.50. The second kappa shape index (κ2) is 10.9. The first-order chi connectivity index (χ1) is 5.91. The van der Waals surface area contributed by atoms with E-state index in [0.29, 0.717) is 6.61 Å². The smallest absolute Gasteiger partial charge is 0.0466 e. The van der Waals surface area contributed by atoms with Crippen LogP contribution in [0, 0.1) is 0 Å². The van der Waals surface area contributed by atoms with Gasteiger partial charge in [0.05, 0.1) is 0 Å². The van der Waals surface area contributed by atoms with Crippen LogP contribution in [0.25, 0.3) is 0 Å². The molecule has 0 rings (SSSR count). The van der Waals surface area contributed by atoms with Crippen LogP contribution < -0.4 is 0 Å². The lowest BCUT2D eigenvalue weighted by atomic mass is 10.2. The molecule has 0 aromatic rings. The number of hydrogen-bond acceptors (Lipinski definition) is 2. The van der Waals surface area contributed by atoms with Gasteiger partial charge in [-0.1, -0.05) is 19.8 Å². The molecule has 0 aliphatic carbocycles. The van der Waals surface area contributed by atoms with Crippen LogP contribution in [-0.2, 0) is 4.74 Å². The summed E-state index contributed by atoms with van der Waals surface area (Å²) in [6, 6.07) is 0. The van der Waals surface area contributed by atoms with Crippen molar-refractivity contribution in [3.8, 4) is 0 Å². The van der Waals surface area contributed by atoms with Crippen LogP contribution in [0.5, 0.6) is 0 Å². The summed E-state index contributed by atoms with van der Waals surface area (Å²) < 4.78 is 5.40. The van der Waals surface area contributed by atoms with Crippen molar-refractivity contribution in [3.05, 3.63) is 0 Å². The summed E-state index contributed by atoms with van der Waals surface area (Å²) in [5.74, 6) is 0. The van der Waals surface area contributed by atoms with Crippen molar-refractivity contribution in [2.75, 3.05) is 19.8 Å². The van der Waals surface area contributed by atoms with Crippen LogP contribution in [0.2, 0.25) is 0 Å². The third-order valence-corrected chi connectivity index (χ3v) is 1.84. The minimum Gasteiger partial charge on any atom is -0.396 e. The van der Waals surface area contributed by atoms with E-state index in [1.807, 2.05) is 0 Å². The molecule has 2 nitrogen and oxygen atoms in total. The minimum atomic E-state index is 0.315. The highest BCUT2D eigenvalue weighted by Gasteiger charge is 1.89. The molecule has 0 saturated heterocycles. The zero-order chi connectivity index (χ0) is 9.07. The lowest BCUT2D eigenvalue weighted by Gasteiger charge is -2.02. The van der Waals surface area contributed by atoms with Crippen LogP contribution in [0.1, 0.15) is 45.4 Å². The Morgan fingerprint density at radius 3 is 2.17 bits per heavy atom. The van der Waals surface area contributed by atoms with Gasteiger partial charge in [-0.3, -0.25) is 0 Å². The highest BCUT2D eigenvalue weighted by atomic mass is 16.5. The Hall–Kier alpha value is -0.0800. The minimum absolute atomic E-state index is 0.315. The van der Waals surface area contributed by atoms with Crippen molar-refractivity contribution in [1.29, 1.82) is 0 Å². The van der Waals surface area contributed by atoms with Crippen LogP contribution >= 0.6 is 0 Å². The van der Waals surface area contributed by atoms with E-state index in [1.54, 1.807) is 0 Å². The van der Waals surface area contributed by atoms with Crippen molar-refractivity contribution < 1.29 is 9.84 Å². The molecule has 0 aliphatic rings. The van der Waals surface area contributed by atoms with Gasteiger partial charge >= 0.3 is 0 Å². The average molecular weight is 174 g/mol. The molecule has 0 spiro atoms. The summed E-state index contributed by atoms with van der Waals surface area (Å²) in [5.41, 5.74) is 0. The SMILES string of the molecule is CCCCCOCCCCCO. The van der Waals surface area contributed by atoms with Gasteiger partial charge in [0.1, 0.15) is 0 Å². The molecule has 0 saturated carbocycles. The summed E-state index contributed by atoms with van der Waals surface area (Å²) in [6.45, 7) is 4.29. The summed E-state index contributed by atoms with van der Waals surface area (Å²) in [5, 5.41) is 8.50. The quantitative estimate of drug-likeness (QED) is 0.544. The molecular weight excluding hydrogens is 152 g/mol. The predicted octanol–water partition coefficient (Wildman–Crippen LogP) is 2.36. The van der Waals surface area contributed by atoms with Gasteiger partial charge in [0, 0.05) is 19.8 Å². The molecule has 2 heteroatoms. The Bertz CT molecular complexity index is 64.2. The average Bonchev–Trinajstić information content (AvgIpc) is 2.10. The topological polar surface area (TPSA) is 29.5 Å². The van der Waals surface area contributed by atoms with E-state index in [4.69, 9.17) is 9.84 Å². The van der Waals surface area contributed by atoms with E-state index in [2.05, 4.69) is 6.92 Å². The van der Waals surface area contributed by atoms with Crippen molar-refractivity contribution >= 4 is 0 Å². The Kier molecular flexibility index (Phi) is 10.8. The van der Waals surface area contributed by atoms with E-state index in [0.717, 1.165) is 32.5 Å². The molecule has 0 aliphatic heterocycles. The van der Waals surface area contributed by atoms with Crippen LogP contribution in [-0.4, -0.2) is 24.9 Å². The van der Waals surface area contributed by atoms with Crippen LogP contribution in [0.3, 0.4) is 0 Å². The fourth-order valence-corrected chi connectivity index (χ4v) is 1.05. The zero-order valence-corrected chi connectivity index (χ0v) is 8.22. The summed E-state index contributed by atoms with van der Waals surface area (Å²) in [7, 11) is 0. The first-order valence-corrected chi connectivity index (χ1v) is 5.10. The lowest BCUT2D eigenvalue weighted by Crippen LogP contribution is -1.97. The zero-order valence-electron chi connectivity index (χ0n) is 8.22. The van der Waals surface area contributed by atoms with Crippen molar-refractivity contribution in [1.82, 2.24) is 0 Å². The van der Waals surface area contributed by atoms with Gasteiger partial charge in [-0.05, 0) is 25.7 Å². The van der Waals surface area contributed by atoms with E-state index >= 15 is 0 Å². The first kappa shape index (κ1) is 11.9. The second-order valence-electron chi connectivity index (χ2n) is 3.10. The van der Waals surface area contributed by atoms with Gasteiger partial charge in [-0.15, -0.1) is 0 Å². The molecule has 12 heavy (non-hydrogen) atoms. The molecule has 1 N–H and O–H groups in total. The third-order valence-electron chi connectivity index (χ3n) is 1.84. The Morgan fingerprint density at radius 1 is 0.917 bits per heavy atom. The van der Waals surface area contributed by atoms with E-state index in [-0.39, 0.29) is 0 Å². The van der Waals surface area contributed by atoms with Crippen molar-refractivity contribution in [3.63, 3.8) is 0 Å². The van der Waals surface area contributed by atoms with Crippen molar-refractivity contribution in [2.24, 2.45) is 0 Å². The summed E-state index contributed by atoms with van der Waals surface area (Å²) >= 11 is 0. The molecule has 74 valence electrons. The van der Waals surface area contributed by atoms with Gasteiger partial charge in [-0.25, -0.2) is 0 Å². The maximum absolute atomic E-state index is 8.50. The summed E-state index contributed by atoms with van der Waals surface area (Å²) in [4.78, 5) is 0. The van der Waals surface area contributed by atoms with E-state index in [9.17, 15) is 0 Å². The Balaban J connectivity index is 2.73. The van der Waals surface area contributed by atoms with Gasteiger partial charge < -0.3 is 9.84 Å². The monoisotopic (exact) mass is 174 g/mol. The van der Waals surface area contributed by atoms with Gasteiger partial charge in [-0.2, -0.15) is 0 Å². The van der Waals surface area contributed by atoms with E-state index < -0.39 is 0 Å². The summed E-state index contributed by atoms with van der Waals surface area (Å²) in [6.07, 6.45) is 6.82. The lowest BCUT2D eigenvalue weighted by molar-refractivity contribution is 0.124. The molecule has 0 aromatic heterocycles. The molecule has 0 fully saturated rings. The molecule has 0 atom stereocenters. The number of hydrogen-bond donors (Lipinski definition) is 1. The molecule has 0 amide bonds. The molecule has 0 unspecified atom stereocenters. The molecule has 0 heterocycles. The standard InChI is InChI=1S/C10H22O2/c1-2-3-6-9-12-10-7-4-5-8-11/h11H,2-10H2,1H3. The third kappa shape index (κ3) is 9.92. The van der Waals surface area contributed by atoms with Crippen LogP contribution in [0.15, 0.2) is 0 Å². The number of aliphatic hydroxyl groups is 1. The van der Waals surface area contributed by atoms with Gasteiger partial charge in [0.2, 0.25) is 0 Å². The first-order valence-electron chi connectivity index (χ1n) is 5.10. The fraction of sp³-hybridized carbons (Fsp3) is 1.00. The Morgan fingerprint density at radius 2 is 1.58 bits per heavy atom. The van der Waals surface area contributed by atoms with E-state index in [1.165, 1.54) is 19.3 Å². The largest absolute Gasteiger partial charge is 0.396 e. The molecule has 0 bridgehead atoms. The number of aliphatic hydroxyl groups excluding tert-OH is 1. The Labute approximate surface area is 75.9 Å². The number of rotatable bonds is 9. The van der Waals surface area contributed by atoms with Crippen LogP contribution in [0.4, 0.5) is 0 Å². The molecule has 0 radical (unpaired) electrons. The molecular formula is C10H22O2. The highest BCUT2D eigenvalue weighted by molar-refractivity contribution is 4.40. The normalized spacial score (nSPS) is 10.5. The maximum Gasteiger partial charge on any atom is 0.0466 e. The van der Waals surface area contributed by atoms with Gasteiger partial charge in [0.15, 0.2) is 0 Å². The fourth-order valence-electron chi connectivity index (χ4n) is 1.05. The van der Waals surface area contributed by atoms with Crippen molar-refractivity contribution in [2.45, 2.75) is 45.4 Å². The molecule has 0 aromatic carbocycles. The predicted molar refractivity (Wildman–Crippen MR) is 51.3 cm³/mol. The second-order valence-corrected chi connectivity index (χ2v) is 3.10. The van der Waals surface area contributed by atoms with Gasteiger partial charge in [0.25, 0.3) is 0 Å². The highest BCUT2D eigenvalue weighted by Crippen LogP contribution is 1.97. The number of ether oxygens (including phenoxy) is 1. The number of unbranched alkanes of at least 4 members (excludes halogenated alkanes) is 4.